The molecule has 1 aromatic heterocycles. The number of hydrogen-bond acceptors (Lipinski definition) is 3. The average molecular weight is 197 g/mol. The highest BCUT2D eigenvalue weighted by Crippen LogP contribution is 2.28. The van der Waals surface area contributed by atoms with Gasteiger partial charge >= 0.3 is 5.97 Å². The van der Waals surface area contributed by atoms with Gasteiger partial charge in [-0.3, -0.25) is 4.79 Å². The molecule has 0 radical (unpaired) electrons. The van der Waals surface area contributed by atoms with Crippen LogP contribution < -0.4 is 0 Å². The van der Waals surface area contributed by atoms with E-state index < -0.39 is 5.97 Å². The van der Waals surface area contributed by atoms with E-state index in [0.717, 1.165) is 25.0 Å². The molecule has 2 rings (SSSR count). The van der Waals surface area contributed by atoms with Crippen molar-refractivity contribution in [2.45, 2.75) is 25.7 Å². The van der Waals surface area contributed by atoms with Crippen LogP contribution in [0.2, 0.25) is 0 Å². The molecule has 0 aromatic carbocycles. The maximum absolute atomic E-state index is 10.5. The maximum Gasteiger partial charge on any atom is 0.303 e. The smallest absolute Gasteiger partial charge is 0.303 e. The molecule has 0 saturated heterocycles. The Bertz CT molecular complexity index is 321. The number of carboxylic acids is 1. The zero-order valence-electron chi connectivity index (χ0n) is 7.19. The van der Waals surface area contributed by atoms with Gasteiger partial charge in [0.1, 0.15) is 0 Å². The van der Waals surface area contributed by atoms with Crippen LogP contribution in [0.1, 0.15) is 23.4 Å². The summed E-state index contributed by atoms with van der Waals surface area (Å²) < 4.78 is 0. The van der Waals surface area contributed by atoms with Gasteiger partial charge in [0.25, 0.3) is 0 Å². The molecule has 1 N–H and O–H groups in total. The van der Waals surface area contributed by atoms with Gasteiger partial charge in [0, 0.05) is 11.3 Å². The van der Waals surface area contributed by atoms with Gasteiger partial charge in [0.05, 0.1) is 11.2 Å². The monoisotopic (exact) mass is 197 g/mol. The zero-order valence-corrected chi connectivity index (χ0v) is 8.01. The number of hydrogen-bond donors (Lipinski definition) is 1. The first-order valence-corrected chi connectivity index (χ1v) is 5.26. The quantitative estimate of drug-likeness (QED) is 0.785. The van der Waals surface area contributed by atoms with Gasteiger partial charge < -0.3 is 5.11 Å². The number of fused-ring (bicyclic) bond motifs is 1. The van der Waals surface area contributed by atoms with Crippen LogP contribution in [-0.2, 0) is 17.6 Å². The SMILES string of the molecule is O=C(O)CC1CCc2scnc2C1. The van der Waals surface area contributed by atoms with E-state index in [4.69, 9.17) is 5.11 Å². The van der Waals surface area contributed by atoms with Gasteiger partial charge in [-0.2, -0.15) is 0 Å². The fourth-order valence-electron chi connectivity index (χ4n) is 1.80. The normalized spacial score (nSPS) is 21.1. The molecular formula is C9H11NO2S. The van der Waals surface area contributed by atoms with E-state index in [1.807, 2.05) is 5.51 Å². The molecule has 1 aliphatic carbocycles. The van der Waals surface area contributed by atoms with Crippen molar-refractivity contribution in [2.24, 2.45) is 5.92 Å². The van der Waals surface area contributed by atoms with Crippen molar-refractivity contribution in [3.05, 3.63) is 16.1 Å². The molecule has 0 spiro atoms. The van der Waals surface area contributed by atoms with Crippen LogP contribution in [0.3, 0.4) is 0 Å². The summed E-state index contributed by atoms with van der Waals surface area (Å²) in [6.45, 7) is 0. The zero-order chi connectivity index (χ0) is 9.26. The molecular weight excluding hydrogens is 186 g/mol. The largest absolute Gasteiger partial charge is 0.481 e. The van der Waals surface area contributed by atoms with Crippen LogP contribution in [0.15, 0.2) is 5.51 Å². The van der Waals surface area contributed by atoms with Crippen LogP contribution >= 0.6 is 11.3 Å². The van der Waals surface area contributed by atoms with Gasteiger partial charge in [0.15, 0.2) is 0 Å². The van der Waals surface area contributed by atoms with Gasteiger partial charge in [0.2, 0.25) is 0 Å². The van der Waals surface area contributed by atoms with Crippen molar-refractivity contribution < 1.29 is 9.90 Å². The molecule has 1 aliphatic rings. The van der Waals surface area contributed by atoms with Crippen molar-refractivity contribution in [3.8, 4) is 0 Å². The molecule has 0 fully saturated rings. The van der Waals surface area contributed by atoms with Crippen LogP contribution in [0.4, 0.5) is 0 Å². The number of carboxylic acid groups (broad SMARTS) is 1. The number of aryl methyl sites for hydroxylation is 1. The molecule has 70 valence electrons. The molecule has 0 amide bonds. The summed E-state index contributed by atoms with van der Waals surface area (Å²) in [7, 11) is 0. The second-order valence-electron chi connectivity index (χ2n) is 3.43. The minimum atomic E-state index is -0.691. The Morgan fingerprint density at radius 1 is 1.77 bits per heavy atom. The first-order chi connectivity index (χ1) is 6.25. The standard InChI is InChI=1S/C9H11NO2S/c11-9(12)4-6-1-2-8-7(3-6)10-5-13-8/h5-6H,1-4H2,(H,11,12). The Hall–Kier alpha value is -0.900. The summed E-state index contributed by atoms with van der Waals surface area (Å²) in [5, 5.41) is 8.65. The third-order valence-corrected chi connectivity index (χ3v) is 3.39. The molecule has 1 heterocycles. The van der Waals surface area contributed by atoms with E-state index in [-0.39, 0.29) is 6.42 Å². The van der Waals surface area contributed by atoms with Gasteiger partial charge in [-0.1, -0.05) is 0 Å². The first-order valence-electron chi connectivity index (χ1n) is 4.38. The lowest BCUT2D eigenvalue weighted by atomic mass is 9.88. The molecule has 13 heavy (non-hydrogen) atoms. The summed E-state index contributed by atoms with van der Waals surface area (Å²) in [4.78, 5) is 16.1. The maximum atomic E-state index is 10.5. The van der Waals surface area contributed by atoms with E-state index in [1.165, 1.54) is 4.88 Å². The van der Waals surface area contributed by atoms with E-state index in [0.29, 0.717) is 5.92 Å². The van der Waals surface area contributed by atoms with E-state index in [2.05, 4.69) is 4.98 Å². The summed E-state index contributed by atoms with van der Waals surface area (Å²) in [5.74, 6) is -0.393. The molecule has 0 aliphatic heterocycles. The second kappa shape index (κ2) is 3.46. The average Bonchev–Trinajstić information content (AvgIpc) is 2.49. The molecule has 1 unspecified atom stereocenters. The van der Waals surface area contributed by atoms with Crippen molar-refractivity contribution in [2.75, 3.05) is 0 Å². The molecule has 3 nitrogen and oxygen atoms in total. The Morgan fingerprint density at radius 2 is 2.62 bits per heavy atom. The Kier molecular flexibility index (Phi) is 2.31. The topological polar surface area (TPSA) is 50.2 Å². The lowest BCUT2D eigenvalue weighted by molar-refractivity contribution is -0.138. The minimum absolute atomic E-state index is 0.289. The van der Waals surface area contributed by atoms with Crippen molar-refractivity contribution >= 4 is 17.3 Å². The van der Waals surface area contributed by atoms with E-state index in [9.17, 15) is 4.79 Å². The number of aliphatic carboxylic acids is 1. The first kappa shape index (κ1) is 8.69. The van der Waals surface area contributed by atoms with Crippen molar-refractivity contribution in [1.82, 2.24) is 4.98 Å². The molecule has 0 saturated carbocycles. The number of carbonyl (C=O) groups is 1. The summed E-state index contributed by atoms with van der Waals surface area (Å²) in [6.07, 6.45) is 3.15. The molecule has 0 bridgehead atoms. The molecule has 1 aromatic rings. The summed E-state index contributed by atoms with van der Waals surface area (Å²) in [5.41, 5.74) is 2.98. The lowest BCUT2D eigenvalue weighted by Gasteiger charge is -2.18. The number of aromatic nitrogens is 1. The van der Waals surface area contributed by atoms with Crippen LogP contribution in [0.25, 0.3) is 0 Å². The summed E-state index contributed by atoms with van der Waals surface area (Å²) in [6, 6.07) is 0. The fraction of sp³-hybridized carbons (Fsp3) is 0.556. The van der Waals surface area contributed by atoms with E-state index >= 15 is 0 Å². The molecule has 4 heteroatoms. The minimum Gasteiger partial charge on any atom is -0.481 e. The second-order valence-corrected chi connectivity index (χ2v) is 4.37. The van der Waals surface area contributed by atoms with Crippen molar-refractivity contribution in [3.63, 3.8) is 0 Å². The Balaban J connectivity index is 2.04. The molecule has 1 atom stereocenters. The van der Waals surface area contributed by atoms with Gasteiger partial charge in [-0.05, 0) is 25.2 Å². The predicted octanol–water partition coefficient (Wildman–Crippen LogP) is 1.72. The number of rotatable bonds is 2. The lowest BCUT2D eigenvalue weighted by Crippen LogP contribution is -2.16. The fourth-order valence-corrected chi connectivity index (χ4v) is 2.61. The van der Waals surface area contributed by atoms with Crippen LogP contribution in [0.5, 0.6) is 0 Å². The predicted molar refractivity (Wildman–Crippen MR) is 49.9 cm³/mol. The number of thiazole rings is 1. The van der Waals surface area contributed by atoms with Crippen LogP contribution in [0, 0.1) is 5.92 Å². The highest BCUT2D eigenvalue weighted by molar-refractivity contribution is 7.09. The highest BCUT2D eigenvalue weighted by atomic mass is 32.1. The number of nitrogens with zero attached hydrogens (tertiary/aromatic N) is 1. The van der Waals surface area contributed by atoms with E-state index in [1.54, 1.807) is 11.3 Å². The Morgan fingerprint density at radius 3 is 3.38 bits per heavy atom. The van der Waals surface area contributed by atoms with Crippen LogP contribution in [-0.4, -0.2) is 16.1 Å². The van der Waals surface area contributed by atoms with Gasteiger partial charge in [-0.15, -0.1) is 11.3 Å². The summed E-state index contributed by atoms with van der Waals surface area (Å²) >= 11 is 1.69. The van der Waals surface area contributed by atoms with Gasteiger partial charge in [-0.25, -0.2) is 4.98 Å². The third kappa shape index (κ3) is 1.88. The third-order valence-electron chi connectivity index (χ3n) is 2.45. The highest BCUT2D eigenvalue weighted by Gasteiger charge is 2.22. The van der Waals surface area contributed by atoms with Crippen molar-refractivity contribution in [1.29, 1.82) is 0 Å². The Labute approximate surface area is 80.4 Å².